The van der Waals surface area contributed by atoms with Crippen LogP contribution >= 0.6 is 15.9 Å². The van der Waals surface area contributed by atoms with Crippen molar-refractivity contribution in [1.29, 1.82) is 0 Å². The summed E-state index contributed by atoms with van der Waals surface area (Å²) in [6.07, 6.45) is 0. The normalized spacial score (nSPS) is 12.5. The molecule has 13 heavy (non-hydrogen) atoms. The molecule has 0 aromatic heterocycles. The number of carbonyl (C=O) groups excluding carboxylic acids is 1. The van der Waals surface area contributed by atoms with Crippen molar-refractivity contribution in [2.75, 3.05) is 7.05 Å². The van der Waals surface area contributed by atoms with Crippen molar-refractivity contribution in [2.45, 2.75) is 6.04 Å². The Morgan fingerprint density at radius 1 is 1.54 bits per heavy atom. The number of rotatable bonds is 3. The topological polar surface area (TPSA) is 55.1 Å². The molecule has 70 valence electrons. The Morgan fingerprint density at radius 3 is 2.62 bits per heavy atom. The van der Waals surface area contributed by atoms with Crippen LogP contribution in [0.3, 0.4) is 0 Å². The highest BCUT2D eigenvalue weighted by Crippen LogP contribution is 2.22. The summed E-state index contributed by atoms with van der Waals surface area (Å²) in [6, 6.07) is 7.06. The van der Waals surface area contributed by atoms with E-state index in [-0.39, 0.29) is 5.91 Å². The molecule has 0 radical (unpaired) electrons. The van der Waals surface area contributed by atoms with E-state index in [1.807, 2.05) is 24.3 Å². The van der Waals surface area contributed by atoms with Gasteiger partial charge in [-0.05, 0) is 18.7 Å². The van der Waals surface area contributed by atoms with Gasteiger partial charge in [0.1, 0.15) is 6.04 Å². The molecule has 0 bridgehead atoms. The molecule has 1 aromatic carbocycles. The number of hydrogen-bond donors (Lipinski definition) is 2. The number of nitrogens with one attached hydrogen (secondary N) is 1. The van der Waals surface area contributed by atoms with Crippen molar-refractivity contribution >= 4 is 21.8 Å². The van der Waals surface area contributed by atoms with Crippen LogP contribution in [-0.2, 0) is 4.79 Å². The number of halogens is 1. The van der Waals surface area contributed by atoms with Crippen molar-refractivity contribution in [3.8, 4) is 0 Å². The number of nitrogens with two attached hydrogens (primary N) is 1. The van der Waals surface area contributed by atoms with Gasteiger partial charge in [0, 0.05) is 4.47 Å². The fraction of sp³-hybridized carbons (Fsp3) is 0.222. The third kappa shape index (κ3) is 2.29. The van der Waals surface area contributed by atoms with E-state index in [4.69, 9.17) is 5.73 Å². The van der Waals surface area contributed by atoms with Crippen LogP contribution < -0.4 is 11.1 Å². The van der Waals surface area contributed by atoms with Gasteiger partial charge in [0.25, 0.3) is 0 Å². The molecule has 0 aliphatic heterocycles. The lowest BCUT2D eigenvalue weighted by Crippen LogP contribution is -2.31. The third-order valence-electron chi connectivity index (χ3n) is 1.79. The number of carbonyl (C=O) groups is 1. The number of likely N-dealkylation sites (N-methyl/N-ethyl adjacent to an activating group) is 1. The van der Waals surface area contributed by atoms with Gasteiger partial charge in [-0.25, -0.2) is 0 Å². The SMILES string of the molecule is CN[C@@H](C(N)=O)c1ccccc1Br. The predicted molar refractivity (Wildman–Crippen MR) is 55.1 cm³/mol. The van der Waals surface area contributed by atoms with Gasteiger partial charge in [-0.15, -0.1) is 0 Å². The van der Waals surface area contributed by atoms with E-state index in [1.54, 1.807) is 7.05 Å². The first kappa shape index (κ1) is 10.2. The number of hydrogen-bond acceptors (Lipinski definition) is 2. The second kappa shape index (κ2) is 4.39. The molecule has 1 atom stereocenters. The molecule has 1 amide bonds. The Kier molecular flexibility index (Phi) is 3.45. The van der Waals surface area contributed by atoms with Crippen LogP contribution in [0.1, 0.15) is 11.6 Å². The fourth-order valence-corrected chi connectivity index (χ4v) is 1.67. The van der Waals surface area contributed by atoms with E-state index >= 15 is 0 Å². The second-order valence-electron chi connectivity index (χ2n) is 2.65. The molecule has 0 saturated heterocycles. The van der Waals surface area contributed by atoms with Gasteiger partial charge in [0.05, 0.1) is 0 Å². The molecule has 0 saturated carbocycles. The summed E-state index contributed by atoms with van der Waals surface area (Å²) in [5.74, 6) is -0.380. The lowest BCUT2D eigenvalue weighted by Gasteiger charge is -2.13. The summed E-state index contributed by atoms with van der Waals surface area (Å²) in [4.78, 5) is 11.0. The fourth-order valence-electron chi connectivity index (χ4n) is 1.16. The van der Waals surface area contributed by atoms with Crippen LogP contribution in [0.15, 0.2) is 28.7 Å². The van der Waals surface area contributed by atoms with Crippen LogP contribution in [0.2, 0.25) is 0 Å². The summed E-state index contributed by atoms with van der Waals surface area (Å²) in [7, 11) is 1.70. The molecular formula is C9H11BrN2O. The lowest BCUT2D eigenvalue weighted by molar-refractivity contribution is -0.120. The first-order chi connectivity index (χ1) is 6.16. The molecule has 0 aliphatic rings. The zero-order valence-electron chi connectivity index (χ0n) is 7.25. The monoisotopic (exact) mass is 242 g/mol. The maximum atomic E-state index is 11.0. The highest BCUT2D eigenvalue weighted by Gasteiger charge is 2.16. The van der Waals surface area contributed by atoms with E-state index in [0.29, 0.717) is 0 Å². The Labute approximate surface area is 85.4 Å². The third-order valence-corrected chi connectivity index (χ3v) is 2.51. The van der Waals surface area contributed by atoms with Crippen molar-refractivity contribution in [2.24, 2.45) is 5.73 Å². The quantitative estimate of drug-likeness (QED) is 0.837. The van der Waals surface area contributed by atoms with E-state index in [0.717, 1.165) is 10.0 Å². The number of amides is 1. The van der Waals surface area contributed by atoms with Crippen LogP contribution in [0.25, 0.3) is 0 Å². The maximum absolute atomic E-state index is 11.0. The van der Waals surface area contributed by atoms with Gasteiger partial charge in [0.15, 0.2) is 0 Å². The molecule has 0 heterocycles. The van der Waals surface area contributed by atoms with E-state index < -0.39 is 6.04 Å². The minimum absolute atomic E-state index is 0.380. The van der Waals surface area contributed by atoms with Gasteiger partial charge < -0.3 is 11.1 Å². The molecule has 0 unspecified atom stereocenters. The molecule has 4 heteroatoms. The molecule has 1 rings (SSSR count). The molecule has 0 aliphatic carbocycles. The first-order valence-corrected chi connectivity index (χ1v) is 4.67. The summed E-state index contributed by atoms with van der Waals surface area (Å²) >= 11 is 3.36. The summed E-state index contributed by atoms with van der Waals surface area (Å²) in [5, 5.41) is 2.85. The highest BCUT2D eigenvalue weighted by molar-refractivity contribution is 9.10. The van der Waals surface area contributed by atoms with Gasteiger partial charge in [0.2, 0.25) is 5.91 Å². The molecule has 3 N–H and O–H groups in total. The van der Waals surface area contributed by atoms with Gasteiger partial charge in [-0.3, -0.25) is 4.79 Å². The predicted octanol–water partition coefficient (Wildman–Crippen LogP) is 1.19. The highest BCUT2D eigenvalue weighted by atomic mass is 79.9. The van der Waals surface area contributed by atoms with Crippen LogP contribution in [-0.4, -0.2) is 13.0 Å². The second-order valence-corrected chi connectivity index (χ2v) is 3.50. The molecular weight excluding hydrogens is 232 g/mol. The van der Waals surface area contributed by atoms with Crippen molar-refractivity contribution in [3.63, 3.8) is 0 Å². The van der Waals surface area contributed by atoms with Crippen molar-refractivity contribution < 1.29 is 4.79 Å². The molecule has 0 spiro atoms. The van der Waals surface area contributed by atoms with Crippen LogP contribution in [0.5, 0.6) is 0 Å². The number of benzene rings is 1. The Morgan fingerprint density at radius 2 is 2.15 bits per heavy atom. The Bertz CT molecular complexity index is 314. The van der Waals surface area contributed by atoms with E-state index in [2.05, 4.69) is 21.2 Å². The van der Waals surface area contributed by atoms with Crippen LogP contribution in [0, 0.1) is 0 Å². The minimum Gasteiger partial charge on any atom is -0.368 e. The number of primary amides is 1. The molecule has 0 fully saturated rings. The Balaban J connectivity index is 3.04. The Hall–Kier alpha value is -0.870. The minimum atomic E-state index is -0.435. The van der Waals surface area contributed by atoms with E-state index in [1.165, 1.54) is 0 Å². The van der Waals surface area contributed by atoms with Crippen molar-refractivity contribution in [3.05, 3.63) is 34.3 Å². The van der Waals surface area contributed by atoms with Crippen molar-refractivity contribution in [1.82, 2.24) is 5.32 Å². The van der Waals surface area contributed by atoms with Gasteiger partial charge in [-0.2, -0.15) is 0 Å². The summed E-state index contributed by atoms with van der Waals surface area (Å²) in [6.45, 7) is 0. The zero-order valence-corrected chi connectivity index (χ0v) is 8.84. The van der Waals surface area contributed by atoms with Gasteiger partial charge in [-0.1, -0.05) is 34.1 Å². The average Bonchev–Trinajstić information content (AvgIpc) is 2.09. The molecule has 1 aromatic rings. The maximum Gasteiger partial charge on any atom is 0.239 e. The first-order valence-electron chi connectivity index (χ1n) is 3.88. The zero-order chi connectivity index (χ0) is 9.84. The summed E-state index contributed by atoms with van der Waals surface area (Å²) in [5.41, 5.74) is 6.08. The standard InChI is InChI=1S/C9H11BrN2O/c1-12-8(9(11)13)6-4-2-3-5-7(6)10/h2-5,8,12H,1H3,(H2,11,13)/t8-/m1/s1. The van der Waals surface area contributed by atoms with E-state index in [9.17, 15) is 4.79 Å². The van der Waals surface area contributed by atoms with Crippen LogP contribution in [0.4, 0.5) is 0 Å². The summed E-state index contributed by atoms with van der Waals surface area (Å²) < 4.78 is 0.883. The van der Waals surface area contributed by atoms with Gasteiger partial charge >= 0.3 is 0 Å². The molecule has 3 nitrogen and oxygen atoms in total. The largest absolute Gasteiger partial charge is 0.368 e. The average molecular weight is 243 g/mol. The lowest BCUT2D eigenvalue weighted by atomic mass is 10.1. The smallest absolute Gasteiger partial charge is 0.239 e.